The van der Waals surface area contributed by atoms with Gasteiger partial charge in [-0.15, -0.1) is 11.6 Å². The third kappa shape index (κ3) is 2.86. The number of hydrogen-bond donors (Lipinski definition) is 0. The van der Waals surface area contributed by atoms with Crippen molar-refractivity contribution in [3.8, 4) is 0 Å². The van der Waals surface area contributed by atoms with E-state index in [0.717, 1.165) is 24.9 Å². The summed E-state index contributed by atoms with van der Waals surface area (Å²) in [4.78, 5) is 2.54. The highest BCUT2D eigenvalue weighted by atomic mass is 35.5. The van der Waals surface area contributed by atoms with Crippen molar-refractivity contribution in [2.24, 2.45) is 5.92 Å². The van der Waals surface area contributed by atoms with Crippen LogP contribution in [0.25, 0.3) is 0 Å². The molecule has 0 aromatic heterocycles. The van der Waals surface area contributed by atoms with E-state index in [9.17, 15) is 0 Å². The van der Waals surface area contributed by atoms with E-state index in [4.69, 9.17) is 16.3 Å². The molecule has 2 rings (SSSR count). The molecule has 88 valence electrons. The van der Waals surface area contributed by atoms with Gasteiger partial charge in [-0.05, 0) is 38.1 Å². The molecule has 2 saturated heterocycles. The van der Waals surface area contributed by atoms with Crippen molar-refractivity contribution in [3.63, 3.8) is 0 Å². The summed E-state index contributed by atoms with van der Waals surface area (Å²) in [5.41, 5.74) is 0. The Bertz CT molecular complexity index is 194. The second kappa shape index (κ2) is 5.51. The quantitative estimate of drug-likeness (QED) is 0.693. The van der Waals surface area contributed by atoms with Crippen LogP contribution in [0.15, 0.2) is 0 Å². The number of likely N-dealkylation sites (tertiary alicyclic amines) is 1. The first kappa shape index (κ1) is 11.7. The predicted octanol–water partition coefficient (Wildman–Crippen LogP) is 2.50. The zero-order valence-corrected chi connectivity index (χ0v) is 10.4. The molecule has 3 heteroatoms. The lowest BCUT2D eigenvalue weighted by atomic mass is 10.0. The van der Waals surface area contributed by atoms with Gasteiger partial charge >= 0.3 is 0 Å². The molecule has 2 aliphatic rings. The summed E-state index contributed by atoms with van der Waals surface area (Å²) in [6, 6.07) is 0.581. The first-order valence-electron chi connectivity index (χ1n) is 6.23. The number of nitrogens with zero attached hydrogens (tertiary/aromatic N) is 1. The summed E-state index contributed by atoms with van der Waals surface area (Å²) in [5.74, 6) is 1.53. The van der Waals surface area contributed by atoms with Crippen LogP contribution >= 0.6 is 11.6 Å². The highest BCUT2D eigenvalue weighted by molar-refractivity contribution is 6.18. The Labute approximate surface area is 97.9 Å². The van der Waals surface area contributed by atoms with Crippen LogP contribution in [0.2, 0.25) is 0 Å². The molecule has 2 heterocycles. The van der Waals surface area contributed by atoms with Gasteiger partial charge in [-0.3, -0.25) is 4.90 Å². The molecule has 0 aromatic carbocycles. The molecule has 2 fully saturated rings. The smallest absolute Gasteiger partial charge is 0.0702 e. The first-order valence-corrected chi connectivity index (χ1v) is 6.76. The van der Waals surface area contributed by atoms with Crippen molar-refractivity contribution >= 4 is 11.6 Å². The van der Waals surface area contributed by atoms with Crippen LogP contribution in [-0.2, 0) is 4.74 Å². The molecule has 0 amide bonds. The number of ether oxygens (including phenoxy) is 1. The van der Waals surface area contributed by atoms with Crippen molar-refractivity contribution in [2.45, 2.75) is 44.8 Å². The largest absolute Gasteiger partial charge is 0.377 e. The van der Waals surface area contributed by atoms with E-state index in [0.29, 0.717) is 12.1 Å². The Morgan fingerprint density at radius 1 is 1.33 bits per heavy atom. The van der Waals surface area contributed by atoms with Gasteiger partial charge in [0.25, 0.3) is 0 Å². The molecule has 0 radical (unpaired) electrons. The fourth-order valence-electron chi connectivity index (χ4n) is 2.78. The fraction of sp³-hybridized carbons (Fsp3) is 1.00. The van der Waals surface area contributed by atoms with Crippen LogP contribution in [0.4, 0.5) is 0 Å². The Balaban J connectivity index is 1.82. The third-order valence-electron chi connectivity index (χ3n) is 3.87. The van der Waals surface area contributed by atoms with Gasteiger partial charge in [0.1, 0.15) is 0 Å². The Morgan fingerprint density at radius 3 is 2.87 bits per heavy atom. The lowest BCUT2D eigenvalue weighted by Crippen LogP contribution is -2.40. The maximum atomic E-state index is 6.03. The topological polar surface area (TPSA) is 12.5 Å². The molecule has 2 nitrogen and oxygen atoms in total. The standard InChI is InChI=1S/C12H22ClNO/c1-10-5-6-14(12(10)8-13)9-11-4-2-3-7-15-11/h10-12H,2-9H2,1H3. The molecule has 3 unspecified atom stereocenters. The van der Waals surface area contributed by atoms with E-state index in [2.05, 4.69) is 11.8 Å². The second-order valence-corrected chi connectivity index (χ2v) is 5.28. The molecule has 2 aliphatic heterocycles. The number of halogens is 1. The molecule has 0 bridgehead atoms. The second-order valence-electron chi connectivity index (χ2n) is 4.97. The summed E-state index contributed by atoms with van der Waals surface area (Å²) in [7, 11) is 0. The van der Waals surface area contributed by atoms with E-state index < -0.39 is 0 Å². The fourth-order valence-corrected chi connectivity index (χ4v) is 3.28. The average Bonchev–Trinajstić information content (AvgIpc) is 2.61. The lowest BCUT2D eigenvalue weighted by molar-refractivity contribution is -0.00768. The summed E-state index contributed by atoms with van der Waals surface area (Å²) in [6.07, 6.45) is 5.57. The molecule has 3 atom stereocenters. The van der Waals surface area contributed by atoms with Gasteiger partial charge in [0.2, 0.25) is 0 Å². The van der Waals surface area contributed by atoms with E-state index >= 15 is 0 Å². The van der Waals surface area contributed by atoms with Gasteiger partial charge in [-0.1, -0.05) is 6.92 Å². The van der Waals surface area contributed by atoms with Crippen molar-refractivity contribution in [2.75, 3.05) is 25.6 Å². The molecule has 0 N–H and O–H groups in total. The molecule has 0 aliphatic carbocycles. The maximum Gasteiger partial charge on any atom is 0.0702 e. The number of hydrogen-bond acceptors (Lipinski definition) is 2. The molecule has 0 spiro atoms. The molecular formula is C12H22ClNO. The summed E-state index contributed by atoms with van der Waals surface area (Å²) in [5, 5.41) is 0. The maximum absolute atomic E-state index is 6.03. The normalized spacial score (nSPS) is 38.4. The Kier molecular flexibility index (Phi) is 4.30. The monoisotopic (exact) mass is 231 g/mol. The highest BCUT2D eigenvalue weighted by Crippen LogP contribution is 2.26. The van der Waals surface area contributed by atoms with Crippen LogP contribution in [0, 0.1) is 5.92 Å². The number of alkyl halides is 1. The van der Waals surface area contributed by atoms with Crippen molar-refractivity contribution in [3.05, 3.63) is 0 Å². The lowest BCUT2D eigenvalue weighted by Gasteiger charge is -2.31. The summed E-state index contributed by atoms with van der Waals surface area (Å²) in [6.45, 7) is 5.58. The van der Waals surface area contributed by atoms with Crippen LogP contribution < -0.4 is 0 Å². The van der Waals surface area contributed by atoms with Gasteiger partial charge in [0, 0.05) is 25.1 Å². The molecule has 0 saturated carbocycles. The number of rotatable bonds is 3. The van der Waals surface area contributed by atoms with Crippen molar-refractivity contribution in [1.29, 1.82) is 0 Å². The predicted molar refractivity (Wildman–Crippen MR) is 63.5 cm³/mol. The third-order valence-corrected chi connectivity index (χ3v) is 4.18. The van der Waals surface area contributed by atoms with E-state index in [-0.39, 0.29) is 0 Å². The Hall–Kier alpha value is 0.210. The van der Waals surface area contributed by atoms with Gasteiger partial charge < -0.3 is 4.74 Å². The minimum atomic E-state index is 0.467. The van der Waals surface area contributed by atoms with E-state index in [1.807, 2.05) is 0 Å². The van der Waals surface area contributed by atoms with E-state index in [1.54, 1.807) is 0 Å². The molecular weight excluding hydrogens is 210 g/mol. The van der Waals surface area contributed by atoms with Crippen LogP contribution in [0.1, 0.15) is 32.6 Å². The minimum absolute atomic E-state index is 0.467. The van der Waals surface area contributed by atoms with Crippen molar-refractivity contribution in [1.82, 2.24) is 4.90 Å². The van der Waals surface area contributed by atoms with Gasteiger partial charge in [-0.2, -0.15) is 0 Å². The van der Waals surface area contributed by atoms with E-state index in [1.165, 1.54) is 32.2 Å². The van der Waals surface area contributed by atoms with Crippen LogP contribution in [0.5, 0.6) is 0 Å². The molecule has 15 heavy (non-hydrogen) atoms. The van der Waals surface area contributed by atoms with Crippen LogP contribution in [-0.4, -0.2) is 42.6 Å². The summed E-state index contributed by atoms with van der Waals surface area (Å²) >= 11 is 6.03. The zero-order chi connectivity index (χ0) is 10.7. The molecule has 0 aromatic rings. The Morgan fingerprint density at radius 2 is 2.20 bits per heavy atom. The SMILES string of the molecule is CC1CCN(CC2CCCCO2)C1CCl. The zero-order valence-electron chi connectivity index (χ0n) is 9.62. The summed E-state index contributed by atoms with van der Waals surface area (Å²) < 4.78 is 5.78. The minimum Gasteiger partial charge on any atom is -0.377 e. The van der Waals surface area contributed by atoms with Gasteiger partial charge in [0.05, 0.1) is 6.10 Å². The van der Waals surface area contributed by atoms with Crippen molar-refractivity contribution < 1.29 is 4.74 Å². The van der Waals surface area contributed by atoms with Crippen LogP contribution in [0.3, 0.4) is 0 Å². The van der Waals surface area contributed by atoms with Gasteiger partial charge in [-0.25, -0.2) is 0 Å². The first-order chi connectivity index (χ1) is 7.31. The highest BCUT2D eigenvalue weighted by Gasteiger charge is 2.32. The van der Waals surface area contributed by atoms with Gasteiger partial charge in [0.15, 0.2) is 0 Å². The average molecular weight is 232 g/mol.